The fourth-order valence-corrected chi connectivity index (χ4v) is 2.11. The Hall–Kier alpha value is -0.390. The molecule has 1 aromatic rings. The van der Waals surface area contributed by atoms with E-state index < -0.39 is 0 Å². The van der Waals surface area contributed by atoms with Crippen molar-refractivity contribution in [2.24, 2.45) is 7.05 Å². The van der Waals surface area contributed by atoms with Crippen LogP contribution in [0.5, 0.6) is 0 Å². The predicted molar refractivity (Wildman–Crippen MR) is 68.4 cm³/mol. The highest BCUT2D eigenvalue weighted by Crippen LogP contribution is 2.19. The van der Waals surface area contributed by atoms with Crippen LogP contribution in [-0.4, -0.2) is 29.5 Å². The quantitative estimate of drug-likeness (QED) is 0.871. The van der Waals surface area contributed by atoms with Crippen molar-refractivity contribution in [3.8, 4) is 0 Å². The highest BCUT2D eigenvalue weighted by molar-refractivity contribution is 9.10. The topological polar surface area (TPSA) is 39.1 Å². The van der Waals surface area contributed by atoms with Crippen molar-refractivity contribution in [3.05, 3.63) is 15.9 Å². The maximum Gasteiger partial charge on any atom is 0.0739 e. The number of hydrogen-bond acceptors (Lipinski definition) is 3. The molecule has 0 saturated heterocycles. The molecule has 16 heavy (non-hydrogen) atoms. The maximum atomic E-state index is 5.15. The molecule has 0 spiro atoms. The van der Waals surface area contributed by atoms with Gasteiger partial charge in [-0.2, -0.15) is 5.10 Å². The summed E-state index contributed by atoms with van der Waals surface area (Å²) in [5, 5.41) is 7.82. The van der Waals surface area contributed by atoms with Crippen molar-refractivity contribution in [1.82, 2.24) is 15.1 Å². The van der Waals surface area contributed by atoms with E-state index in [0.29, 0.717) is 6.04 Å². The Labute approximate surface area is 105 Å². The Bertz CT molecular complexity index is 338. The monoisotopic (exact) mass is 289 g/mol. The largest absolute Gasteiger partial charge is 0.383 e. The second kappa shape index (κ2) is 6.37. The van der Waals surface area contributed by atoms with E-state index in [4.69, 9.17) is 4.74 Å². The molecule has 0 saturated carbocycles. The van der Waals surface area contributed by atoms with Gasteiger partial charge in [-0.1, -0.05) is 6.92 Å². The highest BCUT2D eigenvalue weighted by Gasteiger charge is 2.12. The van der Waals surface area contributed by atoms with Crippen LogP contribution in [-0.2, 0) is 18.3 Å². The van der Waals surface area contributed by atoms with Crippen LogP contribution in [0.15, 0.2) is 4.47 Å². The van der Waals surface area contributed by atoms with Gasteiger partial charge in [0.05, 0.1) is 22.5 Å². The molecule has 5 heteroatoms. The summed E-state index contributed by atoms with van der Waals surface area (Å²) in [5.41, 5.74) is 2.20. The average Bonchev–Trinajstić information content (AvgIpc) is 2.49. The second-order valence-corrected chi connectivity index (χ2v) is 4.70. The van der Waals surface area contributed by atoms with Crippen molar-refractivity contribution < 1.29 is 4.74 Å². The first-order valence-corrected chi connectivity index (χ1v) is 6.29. The van der Waals surface area contributed by atoms with E-state index >= 15 is 0 Å². The Morgan fingerprint density at radius 3 is 2.69 bits per heavy atom. The SMILES string of the molecule is CCC(COC)NCc1c(Br)c(C)nn1C. The number of ether oxygens (including phenoxy) is 1. The number of nitrogens with one attached hydrogen (secondary N) is 1. The Morgan fingerprint density at radius 1 is 1.56 bits per heavy atom. The number of aromatic nitrogens is 2. The average molecular weight is 290 g/mol. The van der Waals surface area contributed by atoms with Gasteiger partial charge in [0.15, 0.2) is 0 Å². The molecular weight excluding hydrogens is 270 g/mol. The Morgan fingerprint density at radius 2 is 2.25 bits per heavy atom. The van der Waals surface area contributed by atoms with Gasteiger partial charge in [0.1, 0.15) is 0 Å². The molecule has 0 aliphatic rings. The maximum absolute atomic E-state index is 5.15. The van der Waals surface area contributed by atoms with Crippen LogP contribution < -0.4 is 5.32 Å². The van der Waals surface area contributed by atoms with Crippen LogP contribution >= 0.6 is 15.9 Å². The summed E-state index contributed by atoms with van der Waals surface area (Å²) < 4.78 is 8.15. The second-order valence-electron chi connectivity index (χ2n) is 3.91. The number of methoxy groups -OCH3 is 1. The summed E-state index contributed by atoms with van der Waals surface area (Å²) in [6.07, 6.45) is 1.06. The summed E-state index contributed by atoms with van der Waals surface area (Å²) in [4.78, 5) is 0. The van der Waals surface area contributed by atoms with Crippen molar-refractivity contribution in [3.63, 3.8) is 0 Å². The van der Waals surface area contributed by atoms with E-state index in [1.807, 2.05) is 18.7 Å². The molecule has 1 rings (SSSR count). The van der Waals surface area contributed by atoms with Gasteiger partial charge in [-0.05, 0) is 29.3 Å². The summed E-state index contributed by atoms with van der Waals surface area (Å²) in [6.45, 7) is 5.70. The number of halogens is 1. The molecule has 1 aromatic heterocycles. The fraction of sp³-hybridized carbons (Fsp3) is 0.727. The minimum absolute atomic E-state index is 0.395. The number of hydrogen-bond donors (Lipinski definition) is 1. The van der Waals surface area contributed by atoms with Crippen molar-refractivity contribution in [2.45, 2.75) is 32.9 Å². The van der Waals surface area contributed by atoms with E-state index in [1.165, 1.54) is 5.69 Å². The van der Waals surface area contributed by atoms with Gasteiger partial charge in [-0.15, -0.1) is 0 Å². The van der Waals surface area contributed by atoms with Crippen LogP contribution in [0, 0.1) is 6.92 Å². The van der Waals surface area contributed by atoms with E-state index in [-0.39, 0.29) is 0 Å². The molecular formula is C11H20BrN3O. The molecule has 0 aromatic carbocycles. The molecule has 92 valence electrons. The molecule has 0 aliphatic carbocycles. The van der Waals surface area contributed by atoms with Gasteiger partial charge in [-0.25, -0.2) is 0 Å². The van der Waals surface area contributed by atoms with Crippen LogP contribution in [0.4, 0.5) is 0 Å². The summed E-state index contributed by atoms with van der Waals surface area (Å²) in [6, 6.07) is 0.395. The first-order chi connectivity index (χ1) is 7.60. The number of nitrogens with zero attached hydrogens (tertiary/aromatic N) is 2. The zero-order chi connectivity index (χ0) is 12.1. The van der Waals surface area contributed by atoms with E-state index in [9.17, 15) is 0 Å². The normalized spacial score (nSPS) is 13.1. The molecule has 1 heterocycles. The van der Waals surface area contributed by atoms with Crippen molar-refractivity contribution in [2.75, 3.05) is 13.7 Å². The van der Waals surface area contributed by atoms with Crippen molar-refractivity contribution >= 4 is 15.9 Å². The van der Waals surface area contributed by atoms with Crippen LogP contribution in [0.1, 0.15) is 24.7 Å². The van der Waals surface area contributed by atoms with Gasteiger partial charge in [0.25, 0.3) is 0 Å². The first kappa shape index (κ1) is 13.7. The lowest BCUT2D eigenvalue weighted by molar-refractivity contribution is 0.163. The zero-order valence-corrected chi connectivity index (χ0v) is 12.0. The number of rotatable bonds is 6. The molecule has 0 amide bonds. The van der Waals surface area contributed by atoms with Gasteiger partial charge in [0.2, 0.25) is 0 Å². The van der Waals surface area contributed by atoms with Crippen LogP contribution in [0.2, 0.25) is 0 Å². The minimum atomic E-state index is 0.395. The van der Waals surface area contributed by atoms with Crippen LogP contribution in [0.3, 0.4) is 0 Å². The lowest BCUT2D eigenvalue weighted by Crippen LogP contribution is -2.32. The fourth-order valence-electron chi connectivity index (χ4n) is 1.64. The Kier molecular flexibility index (Phi) is 5.44. The van der Waals surface area contributed by atoms with E-state index in [0.717, 1.165) is 29.7 Å². The molecule has 0 fully saturated rings. The highest BCUT2D eigenvalue weighted by atomic mass is 79.9. The summed E-state index contributed by atoms with van der Waals surface area (Å²) >= 11 is 3.56. The van der Waals surface area contributed by atoms with Gasteiger partial charge < -0.3 is 10.1 Å². The zero-order valence-electron chi connectivity index (χ0n) is 10.4. The van der Waals surface area contributed by atoms with Gasteiger partial charge in [-0.3, -0.25) is 4.68 Å². The molecule has 1 atom stereocenters. The van der Waals surface area contributed by atoms with Crippen LogP contribution in [0.25, 0.3) is 0 Å². The standard InChI is InChI=1S/C11H20BrN3O/c1-5-9(7-16-4)13-6-10-11(12)8(2)14-15(10)3/h9,13H,5-7H2,1-4H3. The minimum Gasteiger partial charge on any atom is -0.383 e. The predicted octanol–water partition coefficient (Wildman–Crippen LogP) is 2.01. The van der Waals surface area contributed by atoms with Gasteiger partial charge >= 0.3 is 0 Å². The number of aryl methyl sites for hydroxylation is 2. The molecule has 1 N–H and O–H groups in total. The molecule has 4 nitrogen and oxygen atoms in total. The van der Waals surface area contributed by atoms with E-state index in [1.54, 1.807) is 7.11 Å². The summed E-state index contributed by atoms with van der Waals surface area (Å²) in [5.74, 6) is 0. The third-order valence-electron chi connectivity index (χ3n) is 2.68. The van der Waals surface area contributed by atoms with E-state index in [2.05, 4.69) is 33.3 Å². The smallest absolute Gasteiger partial charge is 0.0739 e. The van der Waals surface area contributed by atoms with Crippen molar-refractivity contribution in [1.29, 1.82) is 0 Å². The molecule has 0 bridgehead atoms. The third kappa shape index (κ3) is 3.30. The van der Waals surface area contributed by atoms with Gasteiger partial charge in [0, 0.05) is 26.7 Å². The Balaban J connectivity index is 2.59. The molecule has 0 aliphatic heterocycles. The first-order valence-electron chi connectivity index (χ1n) is 5.50. The lowest BCUT2D eigenvalue weighted by atomic mass is 10.2. The summed E-state index contributed by atoms with van der Waals surface area (Å²) in [7, 11) is 3.69. The molecule has 0 radical (unpaired) electrons. The molecule has 1 unspecified atom stereocenters. The third-order valence-corrected chi connectivity index (χ3v) is 3.71. The lowest BCUT2D eigenvalue weighted by Gasteiger charge is -2.16.